The van der Waals surface area contributed by atoms with Gasteiger partial charge in [0.2, 0.25) is 11.8 Å². The Bertz CT molecular complexity index is 1050. The molecule has 2 atom stereocenters. The Morgan fingerprint density at radius 1 is 0.694 bits per heavy atom. The Kier molecular flexibility index (Phi) is 10.9. The zero-order chi connectivity index (χ0) is 26.7. The second-order valence-corrected chi connectivity index (χ2v) is 9.26. The van der Waals surface area contributed by atoms with Crippen LogP contribution in [-0.2, 0) is 9.59 Å². The highest BCUT2D eigenvalue weighted by Gasteiger charge is 2.26. The van der Waals surface area contributed by atoms with Crippen molar-refractivity contribution in [2.45, 2.75) is 46.2 Å². The van der Waals surface area contributed by atoms with E-state index >= 15 is 0 Å². The summed E-state index contributed by atoms with van der Waals surface area (Å²) in [7, 11) is 0. The second kappa shape index (κ2) is 13.8. The number of amides is 4. The SMILES string of the molecule is C=C(CCNC(=O)[C@@H](NC(=O)c1ccccc1)C(C)C)NC(=O)[C@@H](NC(=O)c1ccccc1)C(C)C. The molecule has 2 rings (SSSR count). The highest BCUT2D eigenvalue weighted by Crippen LogP contribution is 2.08. The van der Waals surface area contributed by atoms with Crippen molar-refractivity contribution in [2.24, 2.45) is 11.8 Å². The molecule has 0 aliphatic carbocycles. The monoisotopic (exact) mass is 492 g/mol. The van der Waals surface area contributed by atoms with Gasteiger partial charge >= 0.3 is 0 Å². The Hall–Kier alpha value is -3.94. The van der Waals surface area contributed by atoms with Gasteiger partial charge in [0.15, 0.2) is 0 Å². The number of benzene rings is 2. The lowest BCUT2D eigenvalue weighted by Gasteiger charge is -2.23. The number of carbonyl (C=O) groups excluding carboxylic acids is 4. The van der Waals surface area contributed by atoms with E-state index in [9.17, 15) is 19.2 Å². The van der Waals surface area contributed by atoms with E-state index in [-0.39, 0.29) is 42.0 Å². The molecule has 8 heteroatoms. The third kappa shape index (κ3) is 8.69. The van der Waals surface area contributed by atoms with Gasteiger partial charge in [-0.3, -0.25) is 19.2 Å². The minimum atomic E-state index is -0.748. The lowest BCUT2D eigenvalue weighted by atomic mass is 10.0. The van der Waals surface area contributed by atoms with Crippen LogP contribution >= 0.6 is 0 Å². The average Bonchev–Trinajstić information content (AvgIpc) is 2.85. The van der Waals surface area contributed by atoms with Gasteiger partial charge in [0, 0.05) is 29.8 Å². The van der Waals surface area contributed by atoms with Gasteiger partial charge in [-0.2, -0.15) is 0 Å². The number of nitrogens with one attached hydrogen (secondary N) is 4. The molecule has 0 unspecified atom stereocenters. The summed E-state index contributed by atoms with van der Waals surface area (Å²) in [6, 6.07) is 15.9. The van der Waals surface area contributed by atoms with E-state index in [4.69, 9.17) is 0 Å². The fourth-order valence-electron chi connectivity index (χ4n) is 3.46. The topological polar surface area (TPSA) is 116 Å². The summed E-state index contributed by atoms with van der Waals surface area (Å²) in [5, 5.41) is 11.1. The van der Waals surface area contributed by atoms with Crippen LogP contribution in [0.3, 0.4) is 0 Å². The van der Waals surface area contributed by atoms with Crippen molar-refractivity contribution in [3.63, 3.8) is 0 Å². The summed E-state index contributed by atoms with van der Waals surface area (Å²) >= 11 is 0. The largest absolute Gasteiger partial charge is 0.354 e. The summed E-state index contributed by atoms with van der Waals surface area (Å²) < 4.78 is 0. The first-order valence-electron chi connectivity index (χ1n) is 12.1. The molecule has 192 valence electrons. The van der Waals surface area contributed by atoms with Crippen LogP contribution in [0.25, 0.3) is 0 Å². The Balaban J connectivity index is 1.85. The van der Waals surface area contributed by atoms with Crippen LogP contribution in [-0.4, -0.2) is 42.3 Å². The van der Waals surface area contributed by atoms with Crippen LogP contribution in [0.5, 0.6) is 0 Å². The van der Waals surface area contributed by atoms with Crippen molar-refractivity contribution in [1.82, 2.24) is 21.3 Å². The van der Waals surface area contributed by atoms with Gasteiger partial charge in [-0.25, -0.2) is 0 Å². The molecule has 0 spiro atoms. The number of rotatable bonds is 12. The van der Waals surface area contributed by atoms with Crippen molar-refractivity contribution >= 4 is 23.6 Å². The minimum absolute atomic E-state index is 0.124. The predicted octanol–water partition coefficient (Wildman–Crippen LogP) is 3.03. The highest BCUT2D eigenvalue weighted by molar-refractivity contribution is 5.98. The number of carbonyl (C=O) groups is 4. The lowest BCUT2D eigenvalue weighted by molar-refractivity contribution is -0.124. The van der Waals surface area contributed by atoms with Crippen molar-refractivity contribution in [3.05, 3.63) is 84.1 Å². The molecule has 0 aliphatic rings. The summed E-state index contributed by atoms with van der Waals surface area (Å²) in [5.74, 6) is -1.62. The zero-order valence-electron chi connectivity index (χ0n) is 21.3. The van der Waals surface area contributed by atoms with Gasteiger partial charge < -0.3 is 21.3 Å². The molecule has 0 fully saturated rings. The van der Waals surface area contributed by atoms with Gasteiger partial charge in [0.25, 0.3) is 11.8 Å². The maximum absolute atomic E-state index is 12.8. The van der Waals surface area contributed by atoms with Gasteiger partial charge in [-0.05, 0) is 36.1 Å². The van der Waals surface area contributed by atoms with Crippen molar-refractivity contribution in [2.75, 3.05) is 6.54 Å². The maximum atomic E-state index is 12.8. The van der Waals surface area contributed by atoms with E-state index in [2.05, 4.69) is 27.8 Å². The molecule has 0 aromatic heterocycles. The first-order valence-corrected chi connectivity index (χ1v) is 12.1. The van der Waals surface area contributed by atoms with Gasteiger partial charge in [-0.1, -0.05) is 70.7 Å². The van der Waals surface area contributed by atoms with Crippen molar-refractivity contribution in [3.8, 4) is 0 Å². The molecule has 2 aromatic carbocycles. The first-order chi connectivity index (χ1) is 17.1. The number of hydrogen-bond acceptors (Lipinski definition) is 4. The molecular formula is C28H36N4O4. The van der Waals surface area contributed by atoms with E-state index in [1.165, 1.54) is 0 Å². The van der Waals surface area contributed by atoms with E-state index < -0.39 is 12.1 Å². The fraction of sp³-hybridized carbons (Fsp3) is 0.357. The predicted molar refractivity (Wildman–Crippen MR) is 140 cm³/mol. The molecule has 4 amide bonds. The average molecular weight is 493 g/mol. The minimum Gasteiger partial charge on any atom is -0.354 e. The summed E-state index contributed by atoms with van der Waals surface area (Å²) in [4.78, 5) is 50.5. The van der Waals surface area contributed by atoms with E-state index in [0.29, 0.717) is 23.2 Å². The lowest BCUT2D eigenvalue weighted by Crippen LogP contribution is -2.50. The molecule has 0 heterocycles. The Labute approximate surface area is 212 Å². The zero-order valence-corrected chi connectivity index (χ0v) is 21.3. The molecule has 8 nitrogen and oxygen atoms in total. The van der Waals surface area contributed by atoms with Crippen molar-refractivity contribution < 1.29 is 19.2 Å². The molecule has 4 N–H and O–H groups in total. The molecule has 0 saturated heterocycles. The standard InChI is InChI=1S/C28H36N4O4/c1-18(2)23(31-25(33)21-12-8-6-9-13-21)27(35)29-17-16-20(5)30-28(36)24(19(3)4)32-26(34)22-14-10-7-11-15-22/h6-15,18-19,23-24H,5,16-17H2,1-4H3,(H,29,35)(H,30,36)(H,31,33)(H,32,34)/t23-,24-/m0/s1. The van der Waals surface area contributed by atoms with E-state index in [0.717, 1.165) is 0 Å². The van der Waals surface area contributed by atoms with Gasteiger partial charge in [0.1, 0.15) is 12.1 Å². The summed E-state index contributed by atoms with van der Waals surface area (Å²) in [6.45, 7) is 11.5. The molecular weight excluding hydrogens is 456 g/mol. The fourth-order valence-corrected chi connectivity index (χ4v) is 3.46. The summed E-state index contributed by atoms with van der Waals surface area (Å²) in [5.41, 5.74) is 1.36. The quantitative estimate of drug-likeness (QED) is 0.364. The summed E-state index contributed by atoms with van der Waals surface area (Å²) in [6.07, 6.45) is 0.298. The van der Waals surface area contributed by atoms with Gasteiger partial charge in [-0.15, -0.1) is 0 Å². The van der Waals surface area contributed by atoms with E-state index in [1.54, 1.807) is 48.5 Å². The Morgan fingerprint density at radius 3 is 1.53 bits per heavy atom. The second-order valence-electron chi connectivity index (χ2n) is 9.26. The smallest absolute Gasteiger partial charge is 0.251 e. The highest BCUT2D eigenvalue weighted by atomic mass is 16.2. The first kappa shape index (κ1) is 28.3. The van der Waals surface area contributed by atoms with Crippen LogP contribution in [0.15, 0.2) is 72.9 Å². The maximum Gasteiger partial charge on any atom is 0.251 e. The molecule has 0 saturated carbocycles. The van der Waals surface area contributed by atoms with Crippen molar-refractivity contribution in [1.29, 1.82) is 0 Å². The number of hydrogen-bond donors (Lipinski definition) is 4. The molecule has 36 heavy (non-hydrogen) atoms. The normalized spacial score (nSPS) is 12.4. The van der Waals surface area contributed by atoms with Crippen LogP contribution in [0, 0.1) is 11.8 Å². The van der Waals surface area contributed by atoms with Gasteiger partial charge in [0.05, 0.1) is 0 Å². The van der Waals surface area contributed by atoms with Crippen LogP contribution in [0.1, 0.15) is 54.8 Å². The molecule has 0 radical (unpaired) electrons. The third-order valence-electron chi connectivity index (χ3n) is 5.57. The van der Waals surface area contributed by atoms with Crippen LogP contribution < -0.4 is 21.3 Å². The van der Waals surface area contributed by atoms with Crippen LogP contribution in [0.2, 0.25) is 0 Å². The third-order valence-corrected chi connectivity index (χ3v) is 5.57. The molecule has 0 bridgehead atoms. The molecule has 0 aliphatic heterocycles. The molecule has 2 aromatic rings. The van der Waals surface area contributed by atoms with E-state index in [1.807, 2.05) is 39.8 Å². The Morgan fingerprint density at radius 2 is 1.11 bits per heavy atom. The van der Waals surface area contributed by atoms with Crippen LogP contribution in [0.4, 0.5) is 0 Å².